The van der Waals surface area contributed by atoms with E-state index in [0.717, 1.165) is 31.5 Å². The van der Waals surface area contributed by atoms with E-state index in [1.807, 2.05) is 18.7 Å². The number of fused-ring (bicyclic) bond motifs is 6. The highest BCUT2D eigenvalue weighted by molar-refractivity contribution is 7.85. The van der Waals surface area contributed by atoms with Crippen LogP contribution >= 0.6 is 0 Å². The Morgan fingerprint density at radius 1 is 0.698 bits per heavy atom. The molecule has 4 aliphatic rings. The predicted molar refractivity (Wildman–Crippen MR) is 255 cm³/mol. The van der Waals surface area contributed by atoms with E-state index in [1.54, 1.807) is 12.1 Å². The number of carbonyl (C=O) groups is 1. The number of rotatable bonds is 4. The normalized spacial score (nSPS) is 20.6. The van der Waals surface area contributed by atoms with E-state index in [2.05, 4.69) is 153 Å². The summed E-state index contributed by atoms with van der Waals surface area (Å²) >= 11 is 0. The number of hydrogen-bond donors (Lipinski definition) is 0. The lowest BCUT2D eigenvalue weighted by Crippen LogP contribution is -2.47. The molecule has 63 heavy (non-hydrogen) atoms. The minimum Gasteiger partial charge on any atom is -0.744 e. The smallest absolute Gasteiger partial charge is 0.410 e. The van der Waals surface area contributed by atoms with Crippen LogP contribution in [0.2, 0.25) is 0 Å². The number of likely N-dealkylation sites (N-methyl/N-ethyl adjacent to an activating group) is 2. The maximum Gasteiger partial charge on any atom is 0.410 e. The maximum atomic E-state index is 12.6. The lowest BCUT2D eigenvalue weighted by molar-refractivity contribution is -0.537. The molecule has 3 heterocycles. The second-order valence-electron chi connectivity index (χ2n) is 18.0. The first-order chi connectivity index (χ1) is 30.0. The summed E-state index contributed by atoms with van der Waals surface area (Å²) in [5.41, 5.74) is 12.6. The minimum absolute atomic E-state index is 0.146. The molecule has 5 aromatic rings. The fourth-order valence-corrected chi connectivity index (χ4v) is 10.7. The van der Waals surface area contributed by atoms with Gasteiger partial charge in [0.15, 0.2) is 13.1 Å². The molecule has 0 spiro atoms. The average molecular weight is 863 g/mol. The Morgan fingerprint density at radius 2 is 1.16 bits per heavy atom. The van der Waals surface area contributed by atoms with Crippen molar-refractivity contribution in [1.82, 2.24) is 4.90 Å². The third-order valence-corrected chi connectivity index (χ3v) is 14.2. The first-order valence-electron chi connectivity index (χ1n) is 21.9. The number of allylic oxidation sites excluding steroid dienone is 8. The summed E-state index contributed by atoms with van der Waals surface area (Å²) in [7, 11) is 0.145. The van der Waals surface area contributed by atoms with E-state index in [4.69, 9.17) is 4.74 Å². The van der Waals surface area contributed by atoms with Crippen LogP contribution in [0.5, 0.6) is 0 Å². The molecular weight excluding hydrogens is 805 g/mol. The fourth-order valence-electron chi connectivity index (χ4n) is 10.2. The Balaban J connectivity index is 0.000000434. The molecule has 0 bridgehead atoms. The van der Waals surface area contributed by atoms with Crippen LogP contribution in [0.3, 0.4) is 0 Å². The van der Waals surface area contributed by atoms with Gasteiger partial charge in [0, 0.05) is 58.8 Å². The molecule has 1 saturated heterocycles. The number of hydrogen-bond acceptors (Lipinski definition) is 7. The molecule has 0 N–H and O–H groups in total. The Hall–Kier alpha value is -5.97. The van der Waals surface area contributed by atoms with Crippen molar-refractivity contribution < 1.29 is 27.1 Å². The first kappa shape index (κ1) is 43.7. The lowest BCUT2D eigenvalue weighted by Gasteiger charge is -2.26. The third kappa shape index (κ3) is 8.11. The zero-order chi connectivity index (χ0) is 44.8. The number of nitrogens with zero attached hydrogens (tertiary/aromatic N) is 4. The number of amides is 1. The Bertz CT molecular complexity index is 2750. The average Bonchev–Trinajstić information content (AvgIpc) is 3.82. The van der Waals surface area contributed by atoms with Gasteiger partial charge in [-0.25, -0.2) is 17.8 Å². The second kappa shape index (κ2) is 17.0. The number of anilines is 2. The zero-order valence-electron chi connectivity index (χ0n) is 37.7. The van der Waals surface area contributed by atoms with E-state index in [-0.39, 0.29) is 21.8 Å². The van der Waals surface area contributed by atoms with E-state index in [1.165, 1.54) is 84.4 Å². The van der Waals surface area contributed by atoms with Crippen LogP contribution in [-0.2, 0) is 25.7 Å². The standard InChI is InChI=1S/C46H51N4O2.C7H8O3S/c1-8-52-44(51)50-29-27-49(28-30-50)43-33(21-25-39-45(2,3)41-35-15-11-9-13-31(35)19-23-37(41)47(39)6)17-18-34(43)22-26-40-46(4,5)42-36-16-12-10-14-32(36)20-24-38(42)48(40)7;1-6-2-4-7(5-3-6)11(8,9)10/h9-16,19-26H,8,17-18,27-30H2,1-7H3;2-5H,1H3,(H,8,9,10)/q+1;/p-1. The van der Waals surface area contributed by atoms with Gasteiger partial charge in [0.2, 0.25) is 5.71 Å². The van der Waals surface area contributed by atoms with Crippen molar-refractivity contribution in [3.05, 3.63) is 161 Å². The van der Waals surface area contributed by atoms with Crippen molar-refractivity contribution in [2.24, 2.45) is 0 Å². The summed E-state index contributed by atoms with van der Waals surface area (Å²) in [6.07, 6.45) is 11.3. The van der Waals surface area contributed by atoms with Gasteiger partial charge in [-0.2, -0.15) is 0 Å². The summed E-state index contributed by atoms with van der Waals surface area (Å²) in [4.78, 5) is 19.1. The number of piperazine rings is 1. The second-order valence-corrected chi connectivity index (χ2v) is 19.4. The van der Waals surface area contributed by atoms with E-state index in [9.17, 15) is 17.8 Å². The van der Waals surface area contributed by atoms with Crippen molar-refractivity contribution in [2.45, 2.75) is 70.1 Å². The van der Waals surface area contributed by atoms with Crippen LogP contribution in [0.25, 0.3) is 21.5 Å². The molecule has 9 rings (SSSR count). The molecule has 10 heteroatoms. The highest BCUT2D eigenvalue weighted by atomic mass is 32.2. The third-order valence-electron chi connectivity index (χ3n) is 13.4. The van der Waals surface area contributed by atoms with E-state index >= 15 is 0 Å². The van der Waals surface area contributed by atoms with Crippen LogP contribution in [0.4, 0.5) is 16.2 Å². The molecule has 9 nitrogen and oxygen atoms in total. The van der Waals surface area contributed by atoms with Crippen molar-refractivity contribution in [2.75, 3.05) is 56.7 Å². The first-order valence-corrected chi connectivity index (χ1v) is 23.3. The van der Waals surface area contributed by atoms with Gasteiger partial charge in [-0.05, 0) is 95.8 Å². The van der Waals surface area contributed by atoms with Crippen molar-refractivity contribution >= 4 is 54.8 Å². The van der Waals surface area contributed by atoms with Gasteiger partial charge in [-0.15, -0.1) is 0 Å². The summed E-state index contributed by atoms with van der Waals surface area (Å²) in [5, 5.41) is 5.22. The molecular formula is C53H58N4O5S. The van der Waals surface area contributed by atoms with Gasteiger partial charge in [-0.1, -0.05) is 118 Å². The summed E-state index contributed by atoms with van der Waals surface area (Å²) in [6.45, 7) is 16.4. The van der Waals surface area contributed by atoms with Gasteiger partial charge in [0.05, 0.1) is 24.6 Å². The van der Waals surface area contributed by atoms with Crippen molar-refractivity contribution in [3.8, 4) is 0 Å². The van der Waals surface area contributed by atoms with Crippen LogP contribution in [0, 0.1) is 6.92 Å². The van der Waals surface area contributed by atoms with Crippen molar-refractivity contribution in [3.63, 3.8) is 0 Å². The SMILES string of the molecule is CCOC(=O)N1CC[N+](=C2C(=CC=C3N(C)c4ccc5ccccc5c4C3(C)C)CC/C2=C\C=C2\N(C)c3ccc4ccccc4c3C2(C)C)CC1.Cc1ccc(S(=O)(=O)[O-])cc1. The van der Waals surface area contributed by atoms with Crippen LogP contribution in [-0.4, -0.2) is 81.1 Å². The molecule has 0 atom stereocenters. The van der Waals surface area contributed by atoms with Gasteiger partial charge in [-0.3, -0.25) is 4.90 Å². The lowest BCUT2D eigenvalue weighted by atomic mass is 9.81. The Morgan fingerprint density at radius 3 is 1.60 bits per heavy atom. The highest BCUT2D eigenvalue weighted by Gasteiger charge is 2.41. The zero-order valence-corrected chi connectivity index (χ0v) is 38.6. The summed E-state index contributed by atoms with van der Waals surface area (Å²) in [6, 6.07) is 32.3. The van der Waals surface area contributed by atoms with Crippen LogP contribution < -0.4 is 9.80 Å². The van der Waals surface area contributed by atoms with Gasteiger partial charge in [0.25, 0.3) is 0 Å². The quantitative estimate of drug-likeness (QED) is 0.131. The molecule has 1 amide bonds. The molecule has 0 unspecified atom stereocenters. The van der Waals surface area contributed by atoms with Crippen LogP contribution in [0.1, 0.15) is 64.2 Å². The number of carbonyl (C=O) groups excluding carboxylic acids is 1. The summed E-state index contributed by atoms with van der Waals surface area (Å²) in [5.74, 6) is 0. The Labute approximate surface area is 372 Å². The van der Waals surface area contributed by atoms with Gasteiger partial charge in [0.1, 0.15) is 10.1 Å². The van der Waals surface area contributed by atoms with Gasteiger partial charge < -0.3 is 19.1 Å². The topological polar surface area (TPSA) is 96.2 Å². The van der Waals surface area contributed by atoms with E-state index < -0.39 is 10.1 Å². The fraction of sp³-hybridized carbons (Fsp3) is 0.321. The highest BCUT2D eigenvalue weighted by Crippen LogP contribution is 2.51. The predicted octanol–water partition coefficient (Wildman–Crippen LogP) is 10.4. The molecule has 5 aromatic carbocycles. The molecule has 3 aliphatic heterocycles. The molecule has 326 valence electrons. The maximum absolute atomic E-state index is 12.6. The van der Waals surface area contributed by atoms with Gasteiger partial charge >= 0.3 is 6.09 Å². The Kier molecular flexibility index (Phi) is 11.8. The molecule has 0 aromatic heterocycles. The number of benzene rings is 5. The van der Waals surface area contributed by atoms with Crippen LogP contribution in [0.15, 0.2) is 149 Å². The van der Waals surface area contributed by atoms with Crippen molar-refractivity contribution in [1.29, 1.82) is 0 Å². The number of ether oxygens (including phenoxy) is 1. The van der Waals surface area contributed by atoms with E-state index in [0.29, 0.717) is 19.7 Å². The molecule has 1 aliphatic carbocycles. The largest absolute Gasteiger partial charge is 0.744 e. The summed E-state index contributed by atoms with van der Waals surface area (Å²) < 4.78 is 39.0. The number of aryl methyl sites for hydroxylation is 1. The minimum atomic E-state index is -4.27. The molecule has 1 saturated carbocycles. The molecule has 2 fully saturated rings. The monoisotopic (exact) mass is 862 g/mol. The molecule has 0 radical (unpaired) electrons.